The number of aryl methyl sites for hydroxylation is 1. The maximum Gasteiger partial charge on any atom is 0.228 e. The molecule has 1 fully saturated rings. The first-order valence-electron chi connectivity index (χ1n) is 7.50. The summed E-state index contributed by atoms with van der Waals surface area (Å²) in [6.07, 6.45) is 5.12. The topological polar surface area (TPSA) is 29.5 Å². The molecule has 3 heteroatoms. The van der Waals surface area contributed by atoms with Crippen molar-refractivity contribution >= 4 is 5.91 Å². The molecule has 1 aliphatic heterocycles. The first-order chi connectivity index (χ1) is 9.64. The van der Waals surface area contributed by atoms with Crippen LogP contribution >= 0.6 is 0 Å². The molecule has 1 aromatic carbocycles. The number of nitrogens with zero attached hydrogens (tertiary/aromatic N) is 1. The third-order valence-electron chi connectivity index (χ3n) is 4.93. The van der Waals surface area contributed by atoms with E-state index in [9.17, 15) is 4.79 Å². The van der Waals surface area contributed by atoms with Gasteiger partial charge in [-0.3, -0.25) is 4.79 Å². The molecule has 1 aliphatic carbocycles. The van der Waals surface area contributed by atoms with Gasteiger partial charge < -0.3 is 9.64 Å². The van der Waals surface area contributed by atoms with Crippen LogP contribution in [0.2, 0.25) is 0 Å². The fourth-order valence-corrected chi connectivity index (χ4v) is 3.83. The first kappa shape index (κ1) is 13.6. The minimum absolute atomic E-state index is 0.122. The summed E-state index contributed by atoms with van der Waals surface area (Å²) in [6, 6.07) is 6.59. The maximum absolute atomic E-state index is 12.6. The summed E-state index contributed by atoms with van der Waals surface area (Å²) in [5.41, 5.74) is 3.88. The number of methoxy groups -OCH3 is 1. The molecule has 108 valence electrons. The quantitative estimate of drug-likeness (QED) is 0.829. The van der Waals surface area contributed by atoms with Crippen LogP contribution in [0.15, 0.2) is 18.2 Å². The van der Waals surface area contributed by atoms with Crippen molar-refractivity contribution in [2.45, 2.75) is 38.7 Å². The Hall–Kier alpha value is -1.35. The normalized spacial score (nSPS) is 25.9. The number of ether oxygens (including phenoxy) is 1. The van der Waals surface area contributed by atoms with Crippen LogP contribution in [0.5, 0.6) is 0 Å². The van der Waals surface area contributed by atoms with Gasteiger partial charge in [-0.15, -0.1) is 0 Å². The van der Waals surface area contributed by atoms with Crippen molar-refractivity contribution in [1.29, 1.82) is 0 Å². The van der Waals surface area contributed by atoms with E-state index < -0.39 is 0 Å². The second kappa shape index (κ2) is 5.21. The van der Waals surface area contributed by atoms with E-state index in [-0.39, 0.29) is 5.41 Å². The zero-order valence-electron chi connectivity index (χ0n) is 12.4. The van der Waals surface area contributed by atoms with Crippen LogP contribution in [-0.4, -0.2) is 31.5 Å². The molecule has 20 heavy (non-hydrogen) atoms. The summed E-state index contributed by atoms with van der Waals surface area (Å²) in [5, 5.41) is 0. The third kappa shape index (κ3) is 2.24. The Kier molecular flexibility index (Phi) is 3.55. The van der Waals surface area contributed by atoms with Gasteiger partial charge in [0, 0.05) is 20.7 Å². The highest BCUT2D eigenvalue weighted by atomic mass is 16.5. The Bertz CT molecular complexity index is 526. The molecule has 1 atom stereocenters. The minimum Gasteiger partial charge on any atom is -0.380 e. The van der Waals surface area contributed by atoms with Crippen molar-refractivity contribution in [1.82, 2.24) is 4.90 Å². The highest BCUT2D eigenvalue weighted by Gasteiger charge is 2.44. The number of carbonyl (C=O) groups is 1. The molecule has 1 amide bonds. The number of hydrogen-bond donors (Lipinski definition) is 0. The summed E-state index contributed by atoms with van der Waals surface area (Å²) >= 11 is 0. The Balaban J connectivity index is 1.86. The van der Waals surface area contributed by atoms with Crippen LogP contribution in [0.4, 0.5) is 0 Å². The van der Waals surface area contributed by atoms with Gasteiger partial charge in [-0.25, -0.2) is 0 Å². The molecule has 0 N–H and O–H groups in total. The van der Waals surface area contributed by atoms with Gasteiger partial charge in [0.1, 0.15) is 0 Å². The maximum atomic E-state index is 12.6. The molecule has 1 unspecified atom stereocenters. The number of fused-ring (bicyclic) bond motifs is 1. The number of carbonyl (C=O) groups excluding carboxylic acids is 1. The average molecular weight is 273 g/mol. The third-order valence-corrected chi connectivity index (χ3v) is 4.93. The van der Waals surface area contributed by atoms with Gasteiger partial charge >= 0.3 is 0 Å². The summed E-state index contributed by atoms with van der Waals surface area (Å²) < 4.78 is 5.20. The van der Waals surface area contributed by atoms with Crippen LogP contribution in [0, 0.1) is 5.41 Å². The van der Waals surface area contributed by atoms with Gasteiger partial charge in [-0.05, 0) is 48.8 Å². The van der Waals surface area contributed by atoms with E-state index in [0.717, 1.165) is 38.6 Å². The Morgan fingerprint density at radius 3 is 2.95 bits per heavy atom. The molecule has 0 aromatic heterocycles. The molecule has 3 rings (SSSR count). The second-order valence-electron chi connectivity index (χ2n) is 6.32. The van der Waals surface area contributed by atoms with Crippen molar-refractivity contribution < 1.29 is 9.53 Å². The average Bonchev–Trinajstić information content (AvgIpc) is 2.45. The van der Waals surface area contributed by atoms with Gasteiger partial charge in [-0.2, -0.15) is 0 Å². The van der Waals surface area contributed by atoms with Crippen molar-refractivity contribution in [2.24, 2.45) is 5.41 Å². The van der Waals surface area contributed by atoms with Gasteiger partial charge in [0.15, 0.2) is 0 Å². The van der Waals surface area contributed by atoms with Crippen LogP contribution in [0.25, 0.3) is 0 Å². The number of likely N-dealkylation sites (tertiary alicyclic amines) is 1. The van der Waals surface area contributed by atoms with Crippen molar-refractivity contribution in [3.05, 3.63) is 34.9 Å². The van der Waals surface area contributed by atoms with Crippen LogP contribution in [0.3, 0.4) is 0 Å². The predicted octanol–water partition coefficient (Wildman–Crippen LogP) is 2.56. The first-order valence-corrected chi connectivity index (χ1v) is 7.50. The Morgan fingerprint density at radius 2 is 2.15 bits per heavy atom. The standard InChI is InChI=1S/C17H23NO2/c1-18-9-3-7-17(16(18)19)8-6-14-10-13(12-20-2)4-5-15(14)11-17/h4-5,10H,3,6-9,11-12H2,1-2H3. The highest BCUT2D eigenvalue weighted by Crippen LogP contribution is 2.43. The van der Waals surface area contributed by atoms with Gasteiger partial charge in [0.2, 0.25) is 5.91 Å². The van der Waals surface area contributed by atoms with Crippen molar-refractivity contribution in [2.75, 3.05) is 20.7 Å². The predicted molar refractivity (Wildman–Crippen MR) is 78.5 cm³/mol. The lowest BCUT2D eigenvalue weighted by atomic mass is 9.66. The van der Waals surface area contributed by atoms with Crippen LogP contribution in [-0.2, 0) is 29.0 Å². The van der Waals surface area contributed by atoms with Crippen LogP contribution in [0.1, 0.15) is 36.0 Å². The summed E-state index contributed by atoms with van der Waals surface area (Å²) in [4.78, 5) is 14.5. The van der Waals surface area contributed by atoms with Crippen molar-refractivity contribution in [3.8, 4) is 0 Å². The number of rotatable bonds is 2. The molecule has 0 bridgehead atoms. The van der Waals surface area contributed by atoms with E-state index in [0.29, 0.717) is 12.5 Å². The molecule has 3 nitrogen and oxygen atoms in total. The lowest BCUT2D eigenvalue weighted by Crippen LogP contribution is -2.49. The minimum atomic E-state index is -0.122. The molecule has 1 aromatic rings. The summed E-state index contributed by atoms with van der Waals surface area (Å²) in [7, 11) is 3.67. The lowest BCUT2D eigenvalue weighted by Gasteiger charge is -2.43. The van der Waals surface area contributed by atoms with E-state index in [1.165, 1.54) is 16.7 Å². The molecule has 1 saturated heterocycles. The lowest BCUT2D eigenvalue weighted by molar-refractivity contribution is -0.145. The zero-order chi connectivity index (χ0) is 14.2. The Morgan fingerprint density at radius 1 is 1.30 bits per heavy atom. The van der Waals surface area contributed by atoms with E-state index in [2.05, 4.69) is 18.2 Å². The molecular formula is C17H23NO2. The molecule has 0 saturated carbocycles. The van der Waals surface area contributed by atoms with E-state index in [4.69, 9.17) is 4.74 Å². The smallest absolute Gasteiger partial charge is 0.228 e. The molecule has 0 radical (unpaired) electrons. The fraction of sp³-hybridized carbons (Fsp3) is 0.588. The molecule has 1 heterocycles. The summed E-state index contributed by atoms with van der Waals surface area (Å²) in [5.74, 6) is 0.357. The van der Waals surface area contributed by atoms with E-state index in [1.807, 2.05) is 11.9 Å². The van der Waals surface area contributed by atoms with Gasteiger partial charge in [-0.1, -0.05) is 18.2 Å². The second-order valence-corrected chi connectivity index (χ2v) is 6.32. The fourth-order valence-electron chi connectivity index (χ4n) is 3.83. The number of benzene rings is 1. The molecular weight excluding hydrogens is 250 g/mol. The van der Waals surface area contributed by atoms with Gasteiger partial charge in [0.25, 0.3) is 0 Å². The van der Waals surface area contributed by atoms with Crippen molar-refractivity contribution in [3.63, 3.8) is 0 Å². The van der Waals surface area contributed by atoms with Gasteiger partial charge in [0.05, 0.1) is 12.0 Å². The summed E-state index contributed by atoms with van der Waals surface area (Å²) in [6.45, 7) is 1.58. The number of amides is 1. The highest BCUT2D eigenvalue weighted by molar-refractivity contribution is 5.84. The zero-order valence-corrected chi connectivity index (χ0v) is 12.4. The van der Waals surface area contributed by atoms with E-state index in [1.54, 1.807) is 7.11 Å². The Labute approximate surface area is 120 Å². The molecule has 1 spiro atoms. The number of piperidine rings is 1. The number of hydrogen-bond acceptors (Lipinski definition) is 2. The molecule has 2 aliphatic rings. The monoisotopic (exact) mass is 273 g/mol. The van der Waals surface area contributed by atoms with Crippen LogP contribution < -0.4 is 0 Å². The largest absolute Gasteiger partial charge is 0.380 e. The van der Waals surface area contributed by atoms with E-state index >= 15 is 0 Å². The SMILES string of the molecule is COCc1ccc2c(c1)CCC1(CCCN(C)C1=O)C2.